The molecular weight excluding hydrogens is 241 g/mol. The van der Waals surface area contributed by atoms with Crippen LogP contribution in [0.1, 0.15) is 44.0 Å². The molecule has 0 spiro atoms. The molecule has 0 amide bonds. The number of hydrogen-bond acceptors (Lipinski definition) is 2. The molecule has 0 radical (unpaired) electrons. The van der Waals surface area contributed by atoms with Crippen LogP contribution in [0.25, 0.3) is 5.69 Å². The van der Waals surface area contributed by atoms with Gasteiger partial charge in [0.15, 0.2) is 0 Å². The summed E-state index contributed by atoms with van der Waals surface area (Å²) in [5.74, 6) is 0.154. The molecule has 3 nitrogen and oxygen atoms in total. The van der Waals surface area contributed by atoms with Gasteiger partial charge in [0.05, 0.1) is 11.4 Å². The molecule has 0 aliphatic carbocycles. The molecule has 0 saturated heterocycles. The smallest absolute Gasteiger partial charge is 0.130 e. The average Bonchev–Trinajstić information content (AvgIpc) is 2.87. The molecule has 0 aliphatic rings. The number of aromatic nitrogens is 2. The van der Waals surface area contributed by atoms with E-state index in [1.54, 1.807) is 10.7 Å². The third kappa shape index (κ3) is 2.68. The van der Waals surface area contributed by atoms with Crippen LogP contribution in [0.4, 0.5) is 4.39 Å². The van der Waals surface area contributed by atoms with Crippen LogP contribution in [0.5, 0.6) is 0 Å². The van der Waals surface area contributed by atoms with Gasteiger partial charge >= 0.3 is 0 Å². The molecule has 0 saturated carbocycles. The topological polar surface area (TPSA) is 29.9 Å². The molecule has 19 heavy (non-hydrogen) atoms. The number of nitrogens with one attached hydrogen (secondary N) is 1. The fourth-order valence-corrected chi connectivity index (χ4v) is 2.08. The van der Waals surface area contributed by atoms with Gasteiger partial charge in [-0.3, -0.25) is 0 Å². The Kier molecular flexibility index (Phi) is 4.00. The normalized spacial score (nSPS) is 12.9. The van der Waals surface area contributed by atoms with Crippen LogP contribution in [0, 0.1) is 5.82 Å². The van der Waals surface area contributed by atoms with Gasteiger partial charge in [-0.2, -0.15) is 5.10 Å². The van der Waals surface area contributed by atoms with Crippen molar-refractivity contribution in [3.05, 3.63) is 47.5 Å². The average molecular weight is 261 g/mol. The Balaban J connectivity index is 2.51. The van der Waals surface area contributed by atoms with Crippen molar-refractivity contribution in [2.75, 3.05) is 7.05 Å². The summed E-state index contributed by atoms with van der Waals surface area (Å²) in [4.78, 5) is 0. The van der Waals surface area contributed by atoms with Crippen molar-refractivity contribution in [1.29, 1.82) is 0 Å². The third-order valence-electron chi connectivity index (χ3n) is 3.34. The van der Waals surface area contributed by atoms with Gasteiger partial charge in [-0.15, -0.1) is 0 Å². The van der Waals surface area contributed by atoms with E-state index in [1.165, 1.54) is 6.07 Å². The van der Waals surface area contributed by atoms with Crippen molar-refractivity contribution < 1.29 is 4.39 Å². The Labute approximate surface area is 113 Å². The summed E-state index contributed by atoms with van der Waals surface area (Å²) in [6.45, 7) is 6.12. The Morgan fingerprint density at radius 1 is 1.21 bits per heavy atom. The summed E-state index contributed by atoms with van der Waals surface area (Å²) in [7, 11) is 1.82. The number of nitrogens with zero attached hydrogens (tertiary/aromatic N) is 2. The predicted molar refractivity (Wildman–Crippen MR) is 75.1 cm³/mol. The molecule has 1 aromatic heterocycles. The SMILES string of the molecule is CNC(C)c1c(F)cccc1-n1ccc(C(C)C)n1. The van der Waals surface area contributed by atoms with Crippen LogP contribution in [-0.4, -0.2) is 16.8 Å². The van der Waals surface area contributed by atoms with E-state index in [2.05, 4.69) is 24.3 Å². The van der Waals surface area contributed by atoms with Crippen molar-refractivity contribution in [2.24, 2.45) is 0 Å². The molecule has 1 heterocycles. The second kappa shape index (κ2) is 5.53. The van der Waals surface area contributed by atoms with Gasteiger partial charge in [0, 0.05) is 17.8 Å². The molecule has 1 atom stereocenters. The summed E-state index contributed by atoms with van der Waals surface area (Å²) < 4.78 is 15.8. The second-order valence-corrected chi connectivity index (χ2v) is 5.02. The van der Waals surface area contributed by atoms with Gasteiger partial charge in [-0.25, -0.2) is 9.07 Å². The molecule has 1 N–H and O–H groups in total. The molecule has 0 bridgehead atoms. The minimum absolute atomic E-state index is 0.0668. The number of benzene rings is 1. The van der Waals surface area contributed by atoms with Gasteiger partial charge in [0.25, 0.3) is 0 Å². The fourth-order valence-electron chi connectivity index (χ4n) is 2.08. The van der Waals surface area contributed by atoms with E-state index < -0.39 is 0 Å². The first kappa shape index (κ1) is 13.7. The van der Waals surface area contributed by atoms with E-state index in [0.717, 1.165) is 11.4 Å². The molecule has 102 valence electrons. The summed E-state index contributed by atoms with van der Waals surface area (Å²) in [5, 5.41) is 7.60. The minimum atomic E-state index is -0.207. The minimum Gasteiger partial charge on any atom is -0.313 e. The van der Waals surface area contributed by atoms with Crippen molar-refractivity contribution in [3.8, 4) is 5.69 Å². The van der Waals surface area contributed by atoms with Crippen LogP contribution >= 0.6 is 0 Å². The Hall–Kier alpha value is -1.68. The van der Waals surface area contributed by atoms with Gasteiger partial charge in [-0.05, 0) is 38.1 Å². The van der Waals surface area contributed by atoms with Crippen LogP contribution < -0.4 is 5.32 Å². The quantitative estimate of drug-likeness (QED) is 0.914. The first-order valence-electron chi connectivity index (χ1n) is 6.56. The zero-order valence-corrected chi connectivity index (χ0v) is 11.8. The Morgan fingerprint density at radius 3 is 2.53 bits per heavy atom. The van der Waals surface area contributed by atoms with E-state index in [9.17, 15) is 4.39 Å². The van der Waals surface area contributed by atoms with Crippen molar-refractivity contribution >= 4 is 0 Å². The highest BCUT2D eigenvalue weighted by Gasteiger charge is 2.16. The van der Waals surface area contributed by atoms with Crippen molar-refractivity contribution in [1.82, 2.24) is 15.1 Å². The molecule has 1 unspecified atom stereocenters. The molecule has 0 fully saturated rings. The van der Waals surface area contributed by atoms with Gasteiger partial charge < -0.3 is 5.32 Å². The molecular formula is C15H20FN3. The summed E-state index contributed by atoms with van der Waals surface area (Å²) in [5.41, 5.74) is 2.43. The van der Waals surface area contributed by atoms with Gasteiger partial charge in [-0.1, -0.05) is 19.9 Å². The lowest BCUT2D eigenvalue weighted by atomic mass is 10.1. The monoisotopic (exact) mass is 261 g/mol. The van der Waals surface area contributed by atoms with E-state index in [4.69, 9.17) is 0 Å². The lowest BCUT2D eigenvalue weighted by Gasteiger charge is -2.16. The van der Waals surface area contributed by atoms with E-state index >= 15 is 0 Å². The number of halogens is 1. The van der Waals surface area contributed by atoms with Crippen LogP contribution in [0.3, 0.4) is 0 Å². The lowest BCUT2D eigenvalue weighted by Crippen LogP contribution is -2.17. The first-order valence-corrected chi connectivity index (χ1v) is 6.56. The van der Waals surface area contributed by atoms with E-state index in [1.807, 2.05) is 32.3 Å². The lowest BCUT2D eigenvalue weighted by molar-refractivity contribution is 0.556. The maximum atomic E-state index is 14.1. The molecule has 2 aromatic rings. The number of hydrogen-bond donors (Lipinski definition) is 1. The standard InChI is InChI=1S/C15H20FN3/c1-10(2)13-8-9-19(18-13)14-7-5-6-12(16)15(14)11(3)17-4/h5-11,17H,1-4H3. The van der Waals surface area contributed by atoms with Gasteiger partial charge in [0.1, 0.15) is 5.82 Å². The summed E-state index contributed by atoms with van der Waals surface area (Å²) in [6.07, 6.45) is 1.88. The third-order valence-corrected chi connectivity index (χ3v) is 3.34. The van der Waals surface area contributed by atoms with Crippen LogP contribution in [0.15, 0.2) is 30.5 Å². The zero-order chi connectivity index (χ0) is 14.0. The van der Waals surface area contributed by atoms with E-state index in [0.29, 0.717) is 11.5 Å². The first-order chi connectivity index (χ1) is 9.04. The summed E-state index contributed by atoms with van der Waals surface area (Å²) in [6, 6.07) is 7.00. The second-order valence-electron chi connectivity index (χ2n) is 5.02. The Bertz CT molecular complexity index is 560. The van der Waals surface area contributed by atoms with Crippen molar-refractivity contribution in [2.45, 2.75) is 32.7 Å². The maximum Gasteiger partial charge on any atom is 0.130 e. The van der Waals surface area contributed by atoms with Gasteiger partial charge in [0.2, 0.25) is 0 Å². The highest BCUT2D eigenvalue weighted by Crippen LogP contribution is 2.25. The zero-order valence-electron chi connectivity index (χ0n) is 11.8. The molecule has 2 rings (SSSR count). The Morgan fingerprint density at radius 2 is 1.95 bits per heavy atom. The largest absolute Gasteiger partial charge is 0.313 e. The fraction of sp³-hybridized carbons (Fsp3) is 0.400. The molecule has 0 aliphatic heterocycles. The summed E-state index contributed by atoms with van der Waals surface area (Å²) >= 11 is 0. The van der Waals surface area contributed by atoms with Crippen LogP contribution in [-0.2, 0) is 0 Å². The highest BCUT2D eigenvalue weighted by molar-refractivity contribution is 5.43. The van der Waals surface area contributed by atoms with Crippen molar-refractivity contribution in [3.63, 3.8) is 0 Å². The molecule has 4 heteroatoms. The maximum absolute atomic E-state index is 14.1. The highest BCUT2D eigenvalue weighted by atomic mass is 19.1. The van der Waals surface area contributed by atoms with Crippen LogP contribution in [0.2, 0.25) is 0 Å². The van der Waals surface area contributed by atoms with E-state index in [-0.39, 0.29) is 11.9 Å². The number of rotatable bonds is 4. The predicted octanol–water partition coefficient (Wildman–Crippen LogP) is 3.42. The molecule has 1 aromatic carbocycles.